The fraction of sp³-hybridized carbons (Fsp3) is 0.357. The molecule has 4 heteroatoms. The van der Waals surface area contributed by atoms with E-state index in [-0.39, 0.29) is 5.82 Å². The van der Waals surface area contributed by atoms with Crippen LogP contribution in [-0.4, -0.2) is 11.0 Å². The van der Waals surface area contributed by atoms with E-state index < -0.39 is 0 Å². The van der Waals surface area contributed by atoms with Crippen molar-refractivity contribution >= 4 is 0 Å². The standard InChI is InChI=1S/C14H15FN2O/c1-9-6-10(15)2-5-13(9)14-17-12(8-18-14)7-16-11-3-4-11/h2,5-6,8,11,16H,3-4,7H2,1H3. The van der Waals surface area contributed by atoms with Gasteiger partial charge in [0, 0.05) is 18.2 Å². The van der Waals surface area contributed by atoms with Gasteiger partial charge in [0.25, 0.3) is 0 Å². The minimum atomic E-state index is -0.238. The number of rotatable bonds is 4. The van der Waals surface area contributed by atoms with Crippen LogP contribution in [0.3, 0.4) is 0 Å². The minimum absolute atomic E-state index is 0.238. The second kappa shape index (κ2) is 4.53. The van der Waals surface area contributed by atoms with Gasteiger partial charge in [-0.3, -0.25) is 0 Å². The molecule has 0 unspecified atom stereocenters. The van der Waals surface area contributed by atoms with Crippen LogP contribution in [-0.2, 0) is 6.54 Å². The van der Waals surface area contributed by atoms with Crippen molar-refractivity contribution in [2.75, 3.05) is 0 Å². The van der Waals surface area contributed by atoms with Crippen molar-refractivity contribution in [1.29, 1.82) is 0 Å². The molecule has 0 saturated heterocycles. The number of hydrogen-bond donors (Lipinski definition) is 1. The van der Waals surface area contributed by atoms with E-state index in [1.54, 1.807) is 12.3 Å². The summed E-state index contributed by atoms with van der Waals surface area (Å²) in [5, 5.41) is 3.38. The predicted molar refractivity (Wildman–Crippen MR) is 66.5 cm³/mol. The van der Waals surface area contributed by atoms with Crippen molar-refractivity contribution in [2.24, 2.45) is 0 Å². The summed E-state index contributed by atoms with van der Waals surface area (Å²) < 4.78 is 18.5. The van der Waals surface area contributed by atoms with Gasteiger partial charge in [0.2, 0.25) is 5.89 Å². The zero-order chi connectivity index (χ0) is 12.5. The van der Waals surface area contributed by atoms with Crippen molar-refractivity contribution in [3.05, 3.63) is 41.5 Å². The average molecular weight is 246 g/mol. The molecule has 1 aliphatic rings. The van der Waals surface area contributed by atoms with Crippen LogP contribution in [0.1, 0.15) is 24.1 Å². The van der Waals surface area contributed by atoms with Gasteiger partial charge in [-0.1, -0.05) is 0 Å². The Labute approximate surface area is 105 Å². The molecule has 1 N–H and O–H groups in total. The van der Waals surface area contributed by atoms with Crippen LogP contribution in [0.2, 0.25) is 0 Å². The molecule has 0 atom stereocenters. The summed E-state index contributed by atoms with van der Waals surface area (Å²) in [5.74, 6) is 0.318. The summed E-state index contributed by atoms with van der Waals surface area (Å²) in [4.78, 5) is 4.42. The maximum atomic E-state index is 13.0. The third-order valence-electron chi connectivity index (χ3n) is 3.12. The molecule has 18 heavy (non-hydrogen) atoms. The van der Waals surface area contributed by atoms with Gasteiger partial charge in [0.1, 0.15) is 12.1 Å². The van der Waals surface area contributed by atoms with Crippen molar-refractivity contribution in [1.82, 2.24) is 10.3 Å². The first-order chi connectivity index (χ1) is 8.72. The van der Waals surface area contributed by atoms with Crippen LogP contribution >= 0.6 is 0 Å². The first-order valence-corrected chi connectivity index (χ1v) is 6.17. The SMILES string of the molecule is Cc1cc(F)ccc1-c1nc(CNC2CC2)co1. The molecule has 94 valence electrons. The highest BCUT2D eigenvalue weighted by atomic mass is 19.1. The number of halogens is 1. The number of aryl methyl sites for hydroxylation is 1. The Morgan fingerprint density at radius 3 is 3.00 bits per heavy atom. The average Bonchev–Trinajstić information content (AvgIpc) is 3.05. The van der Waals surface area contributed by atoms with Gasteiger partial charge in [0.15, 0.2) is 0 Å². The third-order valence-corrected chi connectivity index (χ3v) is 3.12. The van der Waals surface area contributed by atoms with E-state index in [0.29, 0.717) is 11.9 Å². The van der Waals surface area contributed by atoms with Crippen LogP contribution in [0.25, 0.3) is 11.5 Å². The zero-order valence-corrected chi connectivity index (χ0v) is 10.2. The summed E-state index contributed by atoms with van der Waals surface area (Å²) in [6, 6.07) is 5.27. The maximum Gasteiger partial charge on any atom is 0.226 e. The maximum absolute atomic E-state index is 13.0. The number of nitrogens with one attached hydrogen (secondary N) is 1. The van der Waals surface area contributed by atoms with Crippen LogP contribution in [0, 0.1) is 12.7 Å². The Hall–Kier alpha value is -1.68. The smallest absolute Gasteiger partial charge is 0.226 e. The quantitative estimate of drug-likeness (QED) is 0.901. The third kappa shape index (κ3) is 2.43. The lowest BCUT2D eigenvalue weighted by Gasteiger charge is -2.00. The van der Waals surface area contributed by atoms with Gasteiger partial charge in [-0.15, -0.1) is 0 Å². The second-order valence-corrected chi connectivity index (χ2v) is 4.76. The molecule has 0 spiro atoms. The minimum Gasteiger partial charge on any atom is -0.444 e. The Bertz CT molecular complexity index is 561. The van der Waals surface area contributed by atoms with Crippen molar-refractivity contribution in [2.45, 2.75) is 32.4 Å². The molecule has 3 nitrogen and oxygen atoms in total. The van der Waals surface area contributed by atoms with E-state index in [4.69, 9.17) is 4.42 Å². The number of benzene rings is 1. The Morgan fingerprint density at radius 1 is 1.44 bits per heavy atom. The molecule has 1 saturated carbocycles. The van der Waals surface area contributed by atoms with Gasteiger partial charge in [-0.2, -0.15) is 0 Å². The van der Waals surface area contributed by atoms with E-state index in [1.807, 2.05) is 6.92 Å². The van der Waals surface area contributed by atoms with Gasteiger partial charge in [-0.05, 0) is 43.5 Å². The first kappa shape index (κ1) is 11.4. The second-order valence-electron chi connectivity index (χ2n) is 4.76. The topological polar surface area (TPSA) is 38.1 Å². The highest BCUT2D eigenvalue weighted by Crippen LogP contribution is 2.24. The lowest BCUT2D eigenvalue weighted by Crippen LogP contribution is -2.15. The van der Waals surface area contributed by atoms with E-state index in [9.17, 15) is 4.39 Å². The number of aromatic nitrogens is 1. The molecule has 1 aromatic carbocycles. The molecule has 1 aliphatic carbocycles. The highest BCUT2D eigenvalue weighted by molar-refractivity contribution is 5.58. The van der Waals surface area contributed by atoms with Gasteiger partial charge < -0.3 is 9.73 Å². The molecular weight excluding hydrogens is 231 g/mol. The lowest BCUT2D eigenvalue weighted by atomic mass is 10.1. The number of oxazole rings is 1. The molecule has 1 aromatic heterocycles. The molecule has 1 fully saturated rings. The normalized spacial score (nSPS) is 15.0. The molecular formula is C14H15FN2O. The predicted octanol–water partition coefficient (Wildman–Crippen LogP) is 3.04. The molecule has 3 rings (SSSR count). The van der Waals surface area contributed by atoms with Crippen LogP contribution < -0.4 is 5.32 Å². The molecule has 0 aliphatic heterocycles. The Kier molecular flexibility index (Phi) is 2.88. The Morgan fingerprint density at radius 2 is 2.28 bits per heavy atom. The molecule has 0 bridgehead atoms. The van der Waals surface area contributed by atoms with Crippen LogP contribution in [0.15, 0.2) is 28.9 Å². The molecule has 1 heterocycles. The van der Waals surface area contributed by atoms with Gasteiger partial charge in [-0.25, -0.2) is 9.37 Å². The molecule has 0 amide bonds. The molecule has 2 aromatic rings. The van der Waals surface area contributed by atoms with Crippen molar-refractivity contribution < 1.29 is 8.81 Å². The first-order valence-electron chi connectivity index (χ1n) is 6.17. The molecule has 0 radical (unpaired) electrons. The van der Waals surface area contributed by atoms with Gasteiger partial charge in [0.05, 0.1) is 5.69 Å². The van der Waals surface area contributed by atoms with Crippen molar-refractivity contribution in [3.63, 3.8) is 0 Å². The van der Waals surface area contributed by atoms with Crippen LogP contribution in [0.5, 0.6) is 0 Å². The monoisotopic (exact) mass is 246 g/mol. The van der Waals surface area contributed by atoms with E-state index >= 15 is 0 Å². The van der Waals surface area contributed by atoms with E-state index in [1.165, 1.54) is 25.0 Å². The fourth-order valence-electron chi connectivity index (χ4n) is 1.92. The fourth-order valence-corrected chi connectivity index (χ4v) is 1.92. The summed E-state index contributed by atoms with van der Waals surface area (Å²) in [7, 11) is 0. The van der Waals surface area contributed by atoms with E-state index in [2.05, 4.69) is 10.3 Å². The highest BCUT2D eigenvalue weighted by Gasteiger charge is 2.20. The lowest BCUT2D eigenvalue weighted by molar-refractivity contribution is 0.569. The van der Waals surface area contributed by atoms with Crippen LogP contribution in [0.4, 0.5) is 4.39 Å². The Balaban J connectivity index is 1.78. The summed E-state index contributed by atoms with van der Waals surface area (Å²) in [5.41, 5.74) is 2.56. The summed E-state index contributed by atoms with van der Waals surface area (Å²) in [6.07, 6.45) is 4.16. The summed E-state index contributed by atoms with van der Waals surface area (Å²) >= 11 is 0. The zero-order valence-electron chi connectivity index (χ0n) is 10.2. The van der Waals surface area contributed by atoms with Gasteiger partial charge >= 0.3 is 0 Å². The number of hydrogen-bond acceptors (Lipinski definition) is 3. The number of nitrogens with zero attached hydrogens (tertiary/aromatic N) is 1. The van der Waals surface area contributed by atoms with Crippen molar-refractivity contribution in [3.8, 4) is 11.5 Å². The largest absolute Gasteiger partial charge is 0.444 e. The summed E-state index contributed by atoms with van der Waals surface area (Å²) in [6.45, 7) is 2.58. The van der Waals surface area contributed by atoms with E-state index in [0.717, 1.165) is 23.4 Å².